The van der Waals surface area contributed by atoms with E-state index in [0.29, 0.717) is 22.8 Å². The molecule has 0 amide bonds. The summed E-state index contributed by atoms with van der Waals surface area (Å²) in [6.07, 6.45) is 0. The Balaban J connectivity index is 1.81. The molecule has 142 valence electrons. The molecule has 2 aromatic rings. The van der Waals surface area contributed by atoms with E-state index in [2.05, 4.69) is 5.10 Å². The number of aryl methyl sites for hydroxylation is 1. The van der Waals surface area contributed by atoms with Crippen molar-refractivity contribution in [2.24, 2.45) is 0 Å². The lowest BCUT2D eigenvalue weighted by molar-refractivity contribution is 0.0538. The molecule has 3 rings (SSSR count). The van der Waals surface area contributed by atoms with Crippen LogP contribution in [0.5, 0.6) is 0 Å². The lowest BCUT2D eigenvalue weighted by Crippen LogP contribution is -2.48. The lowest BCUT2D eigenvalue weighted by atomic mass is 10.2. The van der Waals surface area contributed by atoms with Crippen molar-refractivity contribution < 1.29 is 17.2 Å². The fourth-order valence-electron chi connectivity index (χ4n) is 3.20. The summed E-state index contributed by atoms with van der Waals surface area (Å²) in [6, 6.07) is 7.36. The Bertz CT molecular complexity index is 909. The van der Waals surface area contributed by atoms with Crippen LogP contribution in [0.1, 0.15) is 17.9 Å². The highest BCUT2D eigenvalue weighted by Gasteiger charge is 2.34. The highest BCUT2D eigenvalue weighted by molar-refractivity contribution is 7.89. The molecular formula is C16H19ClF2N4O2S. The molecule has 0 aliphatic carbocycles. The Labute approximate surface area is 156 Å². The highest BCUT2D eigenvalue weighted by atomic mass is 35.5. The number of piperazine rings is 1. The van der Waals surface area contributed by atoms with Crippen molar-refractivity contribution >= 4 is 27.3 Å². The molecule has 0 bridgehead atoms. The molecule has 1 aliphatic rings. The van der Waals surface area contributed by atoms with Crippen molar-refractivity contribution in [2.45, 2.75) is 25.3 Å². The maximum Gasteiger partial charge on any atom is 0.333 e. The number of halogens is 3. The smallest absolute Gasteiger partial charge is 0.333 e. The van der Waals surface area contributed by atoms with E-state index in [-0.39, 0.29) is 29.4 Å². The van der Waals surface area contributed by atoms with Gasteiger partial charge in [-0.1, -0.05) is 17.7 Å². The number of sulfonamides is 1. The molecule has 2 heterocycles. The van der Waals surface area contributed by atoms with Gasteiger partial charge in [0.25, 0.3) is 0 Å². The first kappa shape index (κ1) is 19.1. The average Bonchev–Trinajstić information content (AvgIpc) is 2.90. The van der Waals surface area contributed by atoms with Gasteiger partial charge in [-0.3, -0.25) is 0 Å². The van der Waals surface area contributed by atoms with E-state index in [1.54, 1.807) is 6.07 Å². The minimum atomic E-state index is -3.89. The summed E-state index contributed by atoms with van der Waals surface area (Å²) in [7, 11) is -3.89. The monoisotopic (exact) mass is 404 g/mol. The minimum absolute atomic E-state index is 0.0465. The summed E-state index contributed by atoms with van der Waals surface area (Å²) >= 11 is 6.00. The Morgan fingerprint density at radius 3 is 2.35 bits per heavy atom. The van der Waals surface area contributed by atoms with E-state index < -0.39 is 16.6 Å². The zero-order chi connectivity index (χ0) is 19.1. The molecule has 1 aromatic carbocycles. The van der Waals surface area contributed by atoms with Gasteiger partial charge in [0, 0.05) is 36.9 Å². The van der Waals surface area contributed by atoms with E-state index in [9.17, 15) is 17.2 Å². The van der Waals surface area contributed by atoms with Crippen molar-refractivity contribution in [1.82, 2.24) is 14.1 Å². The van der Waals surface area contributed by atoms with Crippen LogP contribution in [-0.2, 0) is 10.0 Å². The van der Waals surface area contributed by atoms with Crippen molar-refractivity contribution in [3.8, 4) is 0 Å². The zero-order valence-corrected chi connectivity index (χ0v) is 15.9. The molecule has 1 saturated heterocycles. The number of benzene rings is 1. The molecule has 1 aromatic heterocycles. The molecule has 0 spiro atoms. The third-order valence-corrected chi connectivity index (χ3v) is 6.84. The first-order valence-electron chi connectivity index (χ1n) is 8.06. The summed E-state index contributed by atoms with van der Waals surface area (Å²) in [5.74, 6) is 0. The van der Waals surface area contributed by atoms with Gasteiger partial charge < -0.3 is 4.90 Å². The van der Waals surface area contributed by atoms with Gasteiger partial charge in [0.2, 0.25) is 10.0 Å². The SMILES string of the molecule is Cc1nn(C(F)F)c(C)c1S(=O)(=O)N1CCN(c2cccc(Cl)c2)CC1. The zero-order valence-electron chi connectivity index (χ0n) is 14.4. The third kappa shape index (κ3) is 3.43. The number of nitrogens with zero attached hydrogens (tertiary/aromatic N) is 4. The molecule has 26 heavy (non-hydrogen) atoms. The first-order valence-corrected chi connectivity index (χ1v) is 9.88. The molecule has 1 fully saturated rings. The second-order valence-corrected chi connectivity index (χ2v) is 8.40. The molecule has 0 atom stereocenters. The maximum absolute atomic E-state index is 13.0. The van der Waals surface area contributed by atoms with Crippen molar-refractivity contribution in [3.05, 3.63) is 40.7 Å². The van der Waals surface area contributed by atoms with Gasteiger partial charge in [0.1, 0.15) is 4.90 Å². The molecule has 0 N–H and O–H groups in total. The van der Waals surface area contributed by atoms with Crippen molar-refractivity contribution in [2.75, 3.05) is 31.1 Å². The van der Waals surface area contributed by atoms with E-state index in [1.807, 2.05) is 23.1 Å². The van der Waals surface area contributed by atoms with Crippen LogP contribution in [-0.4, -0.2) is 48.7 Å². The predicted molar refractivity (Wildman–Crippen MR) is 95.4 cm³/mol. The van der Waals surface area contributed by atoms with E-state index >= 15 is 0 Å². The summed E-state index contributed by atoms with van der Waals surface area (Å²) in [6.45, 7) is 1.39. The van der Waals surface area contributed by atoms with Crippen LogP contribution < -0.4 is 4.90 Å². The van der Waals surface area contributed by atoms with Crippen LogP contribution in [0.15, 0.2) is 29.2 Å². The maximum atomic E-state index is 13.0. The Kier molecular flexibility index (Phi) is 5.23. The molecule has 10 heteroatoms. The van der Waals surface area contributed by atoms with E-state index in [1.165, 1.54) is 18.2 Å². The van der Waals surface area contributed by atoms with Crippen LogP contribution in [0.4, 0.5) is 14.5 Å². The summed E-state index contributed by atoms with van der Waals surface area (Å²) in [5.41, 5.74) is 0.960. The topological polar surface area (TPSA) is 58.4 Å². The summed E-state index contributed by atoms with van der Waals surface area (Å²) < 4.78 is 53.7. The number of hydrogen-bond donors (Lipinski definition) is 0. The molecule has 1 aliphatic heterocycles. The highest BCUT2D eigenvalue weighted by Crippen LogP contribution is 2.28. The van der Waals surface area contributed by atoms with Gasteiger partial charge in [0.15, 0.2) is 0 Å². The van der Waals surface area contributed by atoms with Crippen LogP contribution in [0.2, 0.25) is 5.02 Å². The molecule has 0 unspecified atom stereocenters. The molecular weight excluding hydrogens is 386 g/mol. The van der Waals surface area contributed by atoms with E-state index in [0.717, 1.165) is 5.69 Å². The normalized spacial score (nSPS) is 16.5. The Hall–Kier alpha value is -1.71. The number of rotatable bonds is 4. The van der Waals surface area contributed by atoms with Crippen molar-refractivity contribution in [3.63, 3.8) is 0 Å². The second kappa shape index (κ2) is 7.13. The molecule has 0 saturated carbocycles. The molecule has 0 radical (unpaired) electrons. The average molecular weight is 405 g/mol. The van der Waals surface area contributed by atoms with Gasteiger partial charge in [0.05, 0.1) is 11.4 Å². The first-order chi connectivity index (χ1) is 12.2. The number of alkyl halides is 2. The Morgan fingerprint density at radius 2 is 1.81 bits per heavy atom. The number of aromatic nitrogens is 2. The quantitative estimate of drug-likeness (QED) is 0.785. The fraction of sp³-hybridized carbons (Fsp3) is 0.438. The van der Waals surface area contributed by atoms with E-state index in [4.69, 9.17) is 11.6 Å². The van der Waals surface area contributed by atoms with Gasteiger partial charge in [-0.05, 0) is 32.0 Å². The van der Waals surface area contributed by atoms with Gasteiger partial charge in [-0.25, -0.2) is 13.1 Å². The van der Waals surface area contributed by atoms with Crippen molar-refractivity contribution in [1.29, 1.82) is 0 Å². The largest absolute Gasteiger partial charge is 0.369 e. The number of anilines is 1. The standard InChI is InChI=1S/C16H19ClF2N4O2S/c1-11-15(12(2)23(20-11)16(18)19)26(24,25)22-8-6-21(7-9-22)14-5-3-4-13(17)10-14/h3-5,10,16H,6-9H2,1-2H3. The van der Waals surface area contributed by atoms with Crippen LogP contribution in [0, 0.1) is 13.8 Å². The van der Waals surface area contributed by atoms with Gasteiger partial charge in [-0.2, -0.15) is 18.2 Å². The summed E-state index contributed by atoms with van der Waals surface area (Å²) in [5, 5.41) is 4.29. The second-order valence-electron chi connectivity index (χ2n) is 6.09. The van der Waals surface area contributed by atoms with Crippen LogP contribution >= 0.6 is 11.6 Å². The minimum Gasteiger partial charge on any atom is -0.369 e. The third-order valence-electron chi connectivity index (χ3n) is 4.45. The van der Waals surface area contributed by atoms with Crippen LogP contribution in [0.3, 0.4) is 0 Å². The number of hydrogen-bond acceptors (Lipinski definition) is 4. The predicted octanol–water partition coefficient (Wildman–Crippen LogP) is 3.06. The van der Waals surface area contributed by atoms with Crippen LogP contribution in [0.25, 0.3) is 0 Å². The van der Waals surface area contributed by atoms with Gasteiger partial charge in [-0.15, -0.1) is 0 Å². The summed E-state index contributed by atoms with van der Waals surface area (Å²) in [4.78, 5) is 1.91. The fourth-order valence-corrected chi connectivity index (χ4v) is 5.17. The Morgan fingerprint density at radius 1 is 1.15 bits per heavy atom. The van der Waals surface area contributed by atoms with Gasteiger partial charge >= 0.3 is 6.55 Å². The lowest BCUT2D eigenvalue weighted by Gasteiger charge is -2.35. The molecule has 6 nitrogen and oxygen atoms in total.